The fourth-order valence-electron chi connectivity index (χ4n) is 2.93. The molecule has 0 aromatic carbocycles. The third-order valence-electron chi connectivity index (χ3n) is 3.84. The molecule has 0 spiro atoms. The van der Waals surface area contributed by atoms with E-state index in [9.17, 15) is 9.90 Å². The van der Waals surface area contributed by atoms with Crippen LogP contribution in [0, 0.1) is 11.8 Å². The van der Waals surface area contributed by atoms with Crippen LogP contribution < -0.4 is 11.1 Å². The van der Waals surface area contributed by atoms with Crippen LogP contribution in [0.15, 0.2) is 0 Å². The number of amides is 1. The van der Waals surface area contributed by atoms with Gasteiger partial charge in [-0.25, -0.2) is 0 Å². The van der Waals surface area contributed by atoms with Gasteiger partial charge in [0, 0.05) is 0 Å². The van der Waals surface area contributed by atoms with Gasteiger partial charge < -0.3 is 16.2 Å². The van der Waals surface area contributed by atoms with Gasteiger partial charge in [-0.1, -0.05) is 33.6 Å². The van der Waals surface area contributed by atoms with Crippen molar-refractivity contribution in [3.8, 4) is 0 Å². The zero-order valence-corrected chi connectivity index (χ0v) is 11.9. The average Bonchev–Trinajstić information content (AvgIpc) is 2.28. The summed E-state index contributed by atoms with van der Waals surface area (Å²) >= 11 is 0. The second-order valence-electron chi connectivity index (χ2n) is 6.37. The molecule has 1 aliphatic rings. The highest BCUT2D eigenvalue weighted by atomic mass is 16.3. The first-order chi connectivity index (χ1) is 8.38. The van der Waals surface area contributed by atoms with E-state index >= 15 is 0 Å². The molecular formula is C14H28N2O2. The Bertz CT molecular complexity index is 281. The molecule has 1 fully saturated rings. The smallest absolute Gasteiger partial charge is 0.237 e. The van der Waals surface area contributed by atoms with Crippen molar-refractivity contribution in [2.45, 2.75) is 64.5 Å². The van der Waals surface area contributed by atoms with Gasteiger partial charge in [-0.15, -0.1) is 0 Å². The Kier molecular flexibility index (Phi) is 5.60. The first kappa shape index (κ1) is 15.4. The van der Waals surface area contributed by atoms with E-state index in [-0.39, 0.29) is 12.5 Å². The number of aliphatic hydroxyl groups is 1. The maximum Gasteiger partial charge on any atom is 0.237 e. The molecule has 4 heteroatoms. The lowest BCUT2D eigenvalue weighted by atomic mass is 9.76. The summed E-state index contributed by atoms with van der Waals surface area (Å²) in [5, 5.41) is 12.6. The quantitative estimate of drug-likeness (QED) is 0.696. The van der Waals surface area contributed by atoms with E-state index < -0.39 is 11.6 Å². The van der Waals surface area contributed by atoms with Crippen molar-refractivity contribution in [3.63, 3.8) is 0 Å². The van der Waals surface area contributed by atoms with Crippen LogP contribution in [0.3, 0.4) is 0 Å². The van der Waals surface area contributed by atoms with Crippen molar-refractivity contribution in [3.05, 3.63) is 0 Å². The summed E-state index contributed by atoms with van der Waals surface area (Å²) in [7, 11) is 0. The molecule has 1 rings (SSSR count). The number of rotatable bonds is 5. The van der Waals surface area contributed by atoms with Gasteiger partial charge in [0.25, 0.3) is 0 Å². The van der Waals surface area contributed by atoms with E-state index in [1.807, 2.05) is 0 Å². The Hall–Kier alpha value is -0.610. The number of hydrogen-bond acceptors (Lipinski definition) is 3. The number of hydrogen-bond donors (Lipinski definition) is 3. The highest BCUT2D eigenvalue weighted by Crippen LogP contribution is 2.32. The van der Waals surface area contributed by atoms with Crippen LogP contribution in [0.4, 0.5) is 0 Å². The van der Waals surface area contributed by atoms with Crippen LogP contribution >= 0.6 is 0 Å². The second-order valence-corrected chi connectivity index (χ2v) is 6.37. The Morgan fingerprint density at radius 1 is 1.56 bits per heavy atom. The standard InChI is InChI=1S/C14H28N2O2/c1-10(2)7-12(15)13(18)16-14(9-17)6-4-5-11(3)8-14/h10-12,17H,4-9,15H2,1-3H3,(H,16,18). The largest absolute Gasteiger partial charge is 0.394 e. The van der Waals surface area contributed by atoms with Crippen LogP contribution in [0.25, 0.3) is 0 Å². The topological polar surface area (TPSA) is 75.4 Å². The van der Waals surface area contributed by atoms with Crippen molar-refractivity contribution >= 4 is 5.91 Å². The maximum absolute atomic E-state index is 12.1. The fraction of sp³-hybridized carbons (Fsp3) is 0.929. The van der Waals surface area contributed by atoms with Crippen LogP contribution in [0.1, 0.15) is 52.9 Å². The van der Waals surface area contributed by atoms with Gasteiger partial charge in [-0.3, -0.25) is 4.79 Å². The monoisotopic (exact) mass is 256 g/mol. The van der Waals surface area contributed by atoms with Crippen molar-refractivity contribution in [2.75, 3.05) is 6.61 Å². The Balaban J connectivity index is 2.59. The first-order valence-corrected chi connectivity index (χ1v) is 7.07. The zero-order chi connectivity index (χ0) is 13.8. The number of nitrogens with one attached hydrogen (secondary N) is 1. The lowest BCUT2D eigenvalue weighted by molar-refractivity contribution is -0.126. The van der Waals surface area contributed by atoms with Gasteiger partial charge in [0.05, 0.1) is 18.2 Å². The highest BCUT2D eigenvalue weighted by Gasteiger charge is 2.36. The molecule has 0 saturated heterocycles. The average molecular weight is 256 g/mol. The third kappa shape index (κ3) is 4.25. The minimum atomic E-state index is -0.467. The van der Waals surface area contributed by atoms with Gasteiger partial charge in [0.15, 0.2) is 0 Å². The Morgan fingerprint density at radius 2 is 2.22 bits per heavy atom. The van der Waals surface area contributed by atoms with Gasteiger partial charge in [-0.2, -0.15) is 0 Å². The van der Waals surface area contributed by atoms with Crippen LogP contribution in [0.5, 0.6) is 0 Å². The van der Waals surface area contributed by atoms with E-state index in [4.69, 9.17) is 5.73 Å². The molecule has 18 heavy (non-hydrogen) atoms. The number of carbonyl (C=O) groups is 1. The van der Waals surface area contributed by atoms with E-state index in [1.165, 1.54) is 6.42 Å². The van der Waals surface area contributed by atoms with Gasteiger partial charge >= 0.3 is 0 Å². The molecule has 0 aromatic heterocycles. The first-order valence-electron chi connectivity index (χ1n) is 7.07. The number of nitrogens with two attached hydrogens (primary N) is 1. The minimum absolute atomic E-state index is 0.0114. The Labute approximate surface area is 110 Å². The molecule has 0 aromatic rings. The number of carbonyl (C=O) groups excluding carboxylic acids is 1. The molecular weight excluding hydrogens is 228 g/mol. The van der Waals surface area contributed by atoms with E-state index in [0.29, 0.717) is 18.3 Å². The van der Waals surface area contributed by atoms with E-state index in [1.54, 1.807) is 0 Å². The van der Waals surface area contributed by atoms with Gasteiger partial charge in [0.2, 0.25) is 5.91 Å². The van der Waals surface area contributed by atoms with Crippen LogP contribution in [-0.4, -0.2) is 29.2 Å². The second kappa shape index (κ2) is 6.53. The lowest BCUT2D eigenvalue weighted by Crippen LogP contribution is -2.57. The van der Waals surface area contributed by atoms with Crippen molar-refractivity contribution in [1.82, 2.24) is 5.32 Å². The predicted molar refractivity (Wildman–Crippen MR) is 73.0 cm³/mol. The van der Waals surface area contributed by atoms with Gasteiger partial charge in [0.1, 0.15) is 0 Å². The van der Waals surface area contributed by atoms with Crippen molar-refractivity contribution < 1.29 is 9.90 Å². The predicted octanol–water partition coefficient (Wildman–Crippen LogP) is 1.42. The number of aliphatic hydroxyl groups excluding tert-OH is 1. The summed E-state index contributed by atoms with van der Waals surface area (Å²) in [5.41, 5.74) is 5.45. The third-order valence-corrected chi connectivity index (χ3v) is 3.84. The normalized spacial score (nSPS) is 30.2. The molecule has 106 valence electrons. The lowest BCUT2D eigenvalue weighted by Gasteiger charge is -2.40. The molecule has 0 bridgehead atoms. The summed E-state index contributed by atoms with van der Waals surface area (Å²) in [6.07, 6.45) is 4.62. The summed E-state index contributed by atoms with van der Waals surface area (Å²) in [6, 6.07) is -0.467. The molecule has 1 aliphatic carbocycles. The van der Waals surface area contributed by atoms with Crippen molar-refractivity contribution in [1.29, 1.82) is 0 Å². The highest BCUT2D eigenvalue weighted by molar-refractivity contribution is 5.82. The fourth-order valence-corrected chi connectivity index (χ4v) is 2.93. The zero-order valence-electron chi connectivity index (χ0n) is 11.9. The summed E-state index contributed by atoms with van der Waals surface area (Å²) < 4.78 is 0. The molecule has 3 unspecified atom stereocenters. The molecule has 0 heterocycles. The van der Waals surface area contributed by atoms with E-state index in [2.05, 4.69) is 26.1 Å². The summed E-state index contributed by atoms with van der Waals surface area (Å²) in [4.78, 5) is 12.1. The molecule has 0 aliphatic heterocycles. The summed E-state index contributed by atoms with van der Waals surface area (Å²) in [6.45, 7) is 6.29. The Morgan fingerprint density at radius 3 is 2.72 bits per heavy atom. The molecule has 0 radical (unpaired) electrons. The minimum Gasteiger partial charge on any atom is -0.394 e. The summed E-state index contributed by atoms with van der Waals surface area (Å²) in [5.74, 6) is 0.834. The van der Waals surface area contributed by atoms with E-state index in [0.717, 1.165) is 19.3 Å². The molecule has 4 nitrogen and oxygen atoms in total. The molecule has 3 atom stereocenters. The maximum atomic E-state index is 12.1. The molecule has 4 N–H and O–H groups in total. The molecule has 1 saturated carbocycles. The van der Waals surface area contributed by atoms with Crippen LogP contribution in [-0.2, 0) is 4.79 Å². The van der Waals surface area contributed by atoms with Crippen molar-refractivity contribution in [2.24, 2.45) is 17.6 Å². The van der Waals surface area contributed by atoms with Gasteiger partial charge in [-0.05, 0) is 31.1 Å². The molecule has 1 amide bonds. The van der Waals surface area contributed by atoms with Crippen LogP contribution in [0.2, 0.25) is 0 Å². The SMILES string of the molecule is CC(C)CC(N)C(=O)NC1(CO)CCCC(C)C1.